The summed E-state index contributed by atoms with van der Waals surface area (Å²) in [5.41, 5.74) is 0. The van der Waals surface area contributed by atoms with Crippen LogP contribution in [0.2, 0.25) is 0 Å². The number of hydrogen-bond donors (Lipinski definition) is 2. The topological polar surface area (TPSA) is 53.9 Å². The molecule has 2 rings (SSSR count). The highest BCUT2D eigenvalue weighted by atomic mass is 79.9. The summed E-state index contributed by atoms with van der Waals surface area (Å²) in [7, 11) is 0. The van der Waals surface area contributed by atoms with Crippen molar-refractivity contribution < 1.29 is 4.42 Å². The van der Waals surface area contributed by atoms with Gasteiger partial charge in [-0.2, -0.15) is 0 Å². The summed E-state index contributed by atoms with van der Waals surface area (Å²) in [5, 5.41) is 3.12. The molecule has 0 amide bonds. The Kier molecular flexibility index (Phi) is 2.35. The molecule has 0 aliphatic carbocycles. The molecule has 2 aromatic rings. The van der Waals surface area contributed by atoms with Crippen LogP contribution in [0.15, 0.2) is 33.7 Å². The monoisotopic (exact) mass is 241 g/mol. The maximum atomic E-state index is 5.22. The van der Waals surface area contributed by atoms with Crippen LogP contribution in [0.5, 0.6) is 0 Å². The Morgan fingerprint density at radius 1 is 1.62 bits per heavy atom. The molecule has 2 N–H and O–H groups in total. The number of furan rings is 1. The Bertz CT molecular complexity index is 368. The van der Waals surface area contributed by atoms with Crippen molar-refractivity contribution in [2.75, 3.05) is 5.32 Å². The maximum absolute atomic E-state index is 5.22. The molecule has 0 unspecified atom stereocenters. The van der Waals surface area contributed by atoms with Crippen molar-refractivity contribution in [1.29, 1.82) is 0 Å². The van der Waals surface area contributed by atoms with Gasteiger partial charge in [0.2, 0.25) is 0 Å². The Labute approximate surface area is 83.5 Å². The van der Waals surface area contributed by atoms with Gasteiger partial charge in [-0.25, -0.2) is 4.98 Å². The van der Waals surface area contributed by atoms with Gasteiger partial charge < -0.3 is 14.7 Å². The molecule has 0 aliphatic rings. The van der Waals surface area contributed by atoms with Crippen molar-refractivity contribution in [3.05, 3.63) is 35.1 Å². The fraction of sp³-hybridized carbons (Fsp3) is 0.125. The van der Waals surface area contributed by atoms with Crippen LogP contribution in [0.4, 0.5) is 5.82 Å². The van der Waals surface area contributed by atoms with Gasteiger partial charge in [0.1, 0.15) is 17.8 Å². The molecule has 0 fully saturated rings. The van der Waals surface area contributed by atoms with E-state index in [1.165, 1.54) is 0 Å². The zero-order valence-electron chi connectivity index (χ0n) is 6.75. The summed E-state index contributed by atoms with van der Waals surface area (Å²) in [4.78, 5) is 6.82. The summed E-state index contributed by atoms with van der Waals surface area (Å²) in [6.45, 7) is 0.647. The lowest BCUT2D eigenvalue weighted by Crippen LogP contribution is -1.97. The van der Waals surface area contributed by atoms with E-state index in [1.54, 1.807) is 18.8 Å². The molecule has 0 aliphatic heterocycles. The van der Waals surface area contributed by atoms with E-state index in [2.05, 4.69) is 31.2 Å². The summed E-state index contributed by atoms with van der Waals surface area (Å²) in [6, 6.07) is 1.92. The van der Waals surface area contributed by atoms with E-state index in [4.69, 9.17) is 4.42 Å². The third kappa shape index (κ3) is 2.12. The van der Waals surface area contributed by atoms with Gasteiger partial charge in [-0.3, -0.25) is 0 Å². The van der Waals surface area contributed by atoms with Crippen molar-refractivity contribution in [2.24, 2.45) is 0 Å². The Balaban J connectivity index is 1.93. The molecule has 0 radical (unpaired) electrons. The van der Waals surface area contributed by atoms with Gasteiger partial charge in [-0.15, -0.1) is 0 Å². The standard InChI is InChI=1S/C8H8BrN3O/c9-6-1-7(13-4-6)2-11-8-3-10-5-12-8/h1,3-5,11H,2H2,(H,10,12). The number of halogens is 1. The van der Waals surface area contributed by atoms with Crippen LogP contribution in [0.25, 0.3) is 0 Å². The minimum atomic E-state index is 0.647. The number of nitrogens with one attached hydrogen (secondary N) is 2. The van der Waals surface area contributed by atoms with Crippen LogP contribution in [0.1, 0.15) is 5.76 Å². The number of imidazole rings is 1. The smallest absolute Gasteiger partial charge is 0.124 e. The summed E-state index contributed by atoms with van der Waals surface area (Å²) < 4.78 is 6.17. The van der Waals surface area contributed by atoms with Gasteiger partial charge >= 0.3 is 0 Å². The maximum Gasteiger partial charge on any atom is 0.124 e. The van der Waals surface area contributed by atoms with E-state index in [1.807, 2.05) is 6.07 Å². The fourth-order valence-electron chi connectivity index (χ4n) is 0.981. The van der Waals surface area contributed by atoms with Gasteiger partial charge in [-0.05, 0) is 22.0 Å². The van der Waals surface area contributed by atoms with E-state index in [0.717, 1.165) is 16.1 Å². The molecule has 0 spiro atoms. The lowest BCUT2D eigenvalue weighted by atomic mass is 10.4. The van der Waals surface area contributed by atoms with Crippen LogP contribution in [0, 0.1) is 0 Å². The first-order valence-electron chi connectivity index (χ1n) is 3.80. The fourth-order valence-corrected chi connectivity index (χ4v) is 1.33. The second kappa shape index (κ2) is 3.66. The van der Waals surface area contributed by atoms with Crippen LogP contribution in [-0.4, -0.2) is 9.97 Å². The number of anilines is 1. The highest BCUT2D eigenvalue weighted by Gasteiger charge is 1.99. The molecule has 0 atom stereocenters. The summed E-state index contributed by atoms with van der Waals surface area (Å²) >= 11 is 3.31. The van der Waals surface area contributed by atoms with Crippen molar-refractivity contribution in [3.8, 4) is 0 Å². The van der Waals surface area contributed by atoms with Crippen molar-refractivity contribution in [2.45, 2.75) is 6.54 Å². The molecular formula is C8H8BrN3O. The molecule has 0 aromatic carbocycles. The zero-order valence-corrected chi connectivity index (χ0v) is 8.34. The van der Waals surface area contributed by atoms with Crippen LogP contribution >= 0.6 is 15.9 Å². The number of aromatic amines is 1. The molecule has 68 valence electrons. The highest BCUT2D eigenvalue weighted by molar-refractivity contribution is 9.10. The first-order chi connectivity index (χ1) is 6.34. The van der Waals surface area contributed by atoms with Crippen LogP contribution < -0.4 is 5.32 Å². The van der Waals surface area contributed by atoms with Gasteiger partial charge in [0, 0.05) is 0 Å². The predicted octanol–water partition coefficient (Wildman–Crippen LogP) is 2.38. The van der Waals surface area contributed by atoms with Crippen molar-refractivity contribution in [1.82, 2.24) is 9.97 Å². The molecule has 0 saturated heterocycles. The Morgan fingerprint density at radius 3 is 3.15 bits per heavy atom. The molecule has 0 saturated carbocycles. The number of nitrogens with zero attached hydrogens (tertiary/aromatic N) is 1. The Morgan fingerprint density at radius 2 is 2.54 bits per heavy atom. The zero-order chi connectivity index (χ0) is 9.10. The van der Waals surface area contributed by atoms with E-state index < -0.39 is 0 Å². The van der Waals surface area contributed by atoms with E-state index >= 15 is 0 Å². The quantitative estimate of drug-likeness (QED) is 0.868. The normalized spacial score (nSPS) is 10.2. The van der Waals surface area contributed by atoms with Crippen molar-refractivity contribution >= 4 is 21.7 Å². The third-order valence-electron chi connectivity index (χ3n) is 1.57. The summed E-state index contributed by atoms with van der Waals surface area (Å²) in [6.07, 6.45) is 5.00. The first kappa shape index (κ1) is 8.37. The SMILES string of the molecule is Brc1coc(CNc2cnc[nH]2)c1. The third-order valence-corrected chi connectivity index (χ3v) is 1.99. The lowest BCUT2D eigenvalue weighted by molar-refractivity contribution is 0.517. The van der Waals surface area contributed by atoms with E-state index in [0.29, 0.717) is 6.54 Å². The van der Waals surface area contributed by atoms with Crippen LogP contribution in [-0.2, 0) is 6.54 Å². The average molecular weight is 242 g/mol. The minimum absolute atomic E-state index is 0.647. The average Bonchev–Trinajstić information content (AvgIpc) is 2.71. The second-order valence-corrected chi connectivity index (χ2v) is 3.47. The van der Waals surface area contributed by atoms with Gasteiger partial charge in [0.05, 0.1) is 23.5 Å². The molecule has 13 heavy (non-hydrogen) atoms. The Hall–Kier alpha value is -1.23. The minimum Gasteiger partial charge on any atom is -0.466 e. The van der Waals surface area contributed by atoms with Gasteiger partial charge in [0.25, 0.3) is 0 Å². The number of rotatable bonds is 3. The van der Waals surface area contributed by atoms with Gasteiger partial charge in [-0.1, -0.05) is 0 Å². The number of H-pyrrole nitrogens is 1. The lowest BCUT2D eigenvalue weighted by Gasteiger charge is -1.98. The van der Waals surface area contributed by atoms with Crippen molar-refractivity contribution in [3.63, 3.8) is 0 Å². The largest absolute Gasteiger partial charge is 0.466 e. The predicted molar refractivity (Wildman–Crippen MR) is 52.3 cm³/mol. The van der Waals surface area contributed by atoms with E-state index in [9.17, 15) is 0 Å². The number of hydrogen-bond acceptors (Lipinski definition) is 3. The number of aromatic nitrogens is 2. The second-order valence-electron chi connectivity index (χ2n) is 2.55. The molecule has 0 bridgehead atoms. The van der Waals surface area contributed by atoms with Crippen LogP contribution in [0.3, 0.4) is 0 Å². The molecule has 2 heterocycles. The highest BCUT2D eigenvalue weighted by Crippen LogP contribution is 2.14. The van der Waals surface area contributed by atoms with E-state index in [-0.39, 0.29) is 0 Å². The van der Waals surface area contributed by atoms with Gasteiger partial charge in [0.15, 0.2) is 0 Å². The molecule has 2 aromatic heterocycles. The first-order valence-corrected chi connectivity index (χ1v) is 4.59. The summed E-state index contributed by atoms with van der Waals surface area (Å²) in [5.74, 6) is 1.76. The molecule has 5 heteroatoms. The molecular weight excluding hydrogens is 234 g/mol. The molecule has 4 nitrogen and oxygen atoms in total.